The largest absolute Gasteiger partial charge is 0.459 e. The predicted molar refractivity (Wildman–Crippen MR) is 163 cm³/mol. The number of benzene rings is 1. The molecule has 0 saturated heterocycles. The number of fused-ring (bicyclic) bond motifs is 1. The summed E-state index contributed by atoms with van der Waals surface area (Å²) >= 11 is 13.7. The molecule has 44 heavy (non-hydrogen) atoms. The number of carbonyl (C=O) groups excluding carboxylic acids is 3. The Morgan fingerprint density at radius 1 is 0.909 bits per heavy atom. The molecule has 11 nitrogen and oxygen atoms in total. The lowest BCUT2D eigenvalue weighted by molar-refractivity contribution is -0.170. The Hall–Kier alpha value is -2.54. The number of halogens is 2. The van der Waals surface area contributed by atoms with Crippen molar-refractivity contribution in [1.82, 2.24) is 20.5 Å². The van der Waals surface area contributed by atoms with Crippen LogP contribution in [0.1, 0.15) is 67.9 Å². The van der Waals surface area contributed by atoms with Crippen LogP contribution >= 0.6 is 35.0 Å². The predicted octanol–water partition coefficient (Wildman–Crippen LogP) is 5.73. The van der Waals surface area contributed by atoms with Crippen LogP contribution in [0, 0.1) is 17.3 Å². The zero-order valence-corrected chi connectivity index (χ0v) is 28.5. The van der Waals surface area contributed by atoms with Gasteiger partial charge in [0.15, 0.2) is 10.7 Å². The van der Waals surface area contributed by atoms with Gasteiger partial charge in [-0.25, -0.2) is 14.6 Å². The van der Waals surface area contributed by atoms with E-state index in [9.17, 15) is 14.4 Å². The molecule has 4 aliphatic rings. The van der Waals surface area contributed by atoms with Crippen molar-refractivity contribution in [3.8, 4) is 0 Å². The number of nitrogens with zero attached hydrogens (tertiary/aromatic N) is 2. The summed E-state index contributed by atoms with van der Waals surface area (Å²) in [6.07, 6.45) is -0.590. The van der Waals surface area contributed by atoms with Gasteiger partial charge in [-0.05, 0) is 80.0 Å². The van der Waals surface area contributed by atoms with Gasteiger partial charge in [0.2, 0.25) is 0 Å². The van der Waals surface area contributed by atoms with Gasteiger partial charge in [0.1, 0.15) is 29.2 Å². The second-order valence-electron chi connectivity index (χ2n) is 14.4. The van der Waals surface area contributed by atoms with Gasteiger partial charge in [-0.2, -0.15) is 5.10 Å². The van der Waals surface area contributed by atoms with E-state index < -0.39 is 68.5 Å². The standard InChI is InChI=1S/C30H38Cl2N4O7S/c1-25(2,3)41-21(37)28-18-19(28)30(28,44-23-33-14-34-36-23)20(40-13-15-10-11-16(31)17(32)12-15)29(18,22(38)42-26(4,5)6)35-24(39)43-27(7,8)9/h10-12,14,18-20H,13H2,1-9H3,(H,35,39)(H,33,34,36)/t18-,19+,20-,28+,29+,30+/m0/s1. The van der Waals surface area contributed by atoms with Crippen LogP contribution in [0.25, 0.3) is 0 Å². The molecule has 6 atom stereocenters. The van der Waals surface area contributed by atoms with Crippen molar-refractivity contribution in [2.24, 2.45) is 17.3 Å². The second-order valence-corrected chi connectivity index (χ2v) is 16.5. The van der Waals surface area contributed by atoms with Crippen molar-refractivity contribution in [3.63, 3.8) is 0 Å². The van der Waals surface area contributed by atoms with Gasteiger partial charge in [0, 0.05) is 11.8 Å². The average molecular weight is 670 g/mol. The fraction of sp³-hybridized carbons (Fsp3) is 0.633. The summed E-state index contributed by atoms with van der Waals surface area (Å²) in [7, 11) is 0. The molecule has 4 aliphatic carbocycles. The summed E-state index contributed by atoms with van der Waals surface area (Å²) in [5, 5.41) is 10.8. The second kappa shape index (κ2) is 10.5. The van der Waals surface area contributed by atoms with E-state index in [0.717, 1.165) is 0 Å². The van der Waals surface area contributed by atoms with Crippen molar-refractivity contribution >= 4 is 53.0 Å². The van der Waals surface area contributed by atoms with Crippen molar-refractivity contribution in [2.45, 2.75) is 107 Å². The lowest BCUT2D eigenvalue weighted by Gasteiger charge is -2.37. The van der Waals surface area contributed by atoms with Crippen LogP contribution in [0.4, 0.5) is 4.79 Å². The molecule has 240 valence electrons. The van der Waals surface area contributed by atoms with Crippen LogP contribution in [0.15, 0.2) is 29.7 Å². The highest BCUT2D eigenvalue weighted by Gasteiger charge is 3.13. The molecule has 2 aromatic rings. The minimum atomic E-state index is -1.82. The van der Waals surface area contributed by atoms with E-state index >= 15 is 0 Å². The molecule has 2 N–H and O–H groups in total. The number of nitrogens with one attached hydrogen (secondary N) is 2. The lowest BCUT2D eigenvalue weighted by Crippen LogP contribution is -2.64. The summed E-state index contributed by atoms with van der Waals surface area (Å²) in [6, 6.07) is 5.05. The number of ether oxygens (including phenoxy) is 4. The first-order valence-electron chi connectivity index (χ1n) is 14.3. The molecule has 0 spiro atoms. The number of amides is 1. The van der Waals surface area contributed by atoms with Crippen LogP contribution in [-0.2, 0) is 35.1 Å². The van der Waals surface area contributed by atoms with Gasteiger partial charge < -0.3 is 24.3 Å². The van der Waals surface area contributed by atoms with Gasteiger partial charge in [-0.1, -0.05) is 41.0 Å². The molecular weight excluding hydrogens is 631 g/mol. The molecule has 6 rings (SSSR count). The molecule has 2 bridgehead atoms. The van der Waals surface area contributed by atoms with E-state index in [1.54, 1.807) is 80.5 Å². The fourth-order valence-corrected chi connectivity index (χ4v) is 8.61. The van der Waals surface area contributed by atoms with Crippen LogP contribution in [0.2, 0.25) is 10.0 Å². The number of hydrogen-bond acceptors (Lipinski definition) is 10. The van der Waals surface area contributed by atoms with E-state index in [4.69, 9.17) is 42.1 Å². The first kappa shape index (κ1) is 32.8. The number of esters is 2. The molecule has 4 saturated carbocycles. The first-order chi connectivity index (χ1) is 20.2. The van der Waals surface area contributed by atoms with Crippen LogP contribution in [0.5, 0.6) is 0 Å². The van der Waals surface area contributed by atoms with Crippen molar-refractivity contribution in [3.05, 3.63) is 40.1 Å². The van der Waals surface area contributed by atoms with Gasteiger partial charge in [-0.15, -0.1) is 0 Å². The molecule has 1 aromatic carbocycles. The Bertz CT molecular complexity index is 1490. The summed E-state index contributed by atoms with van der Waals surface area (Å²) in [6.45, 7) is 15.6. The quantitative estimate of drug-likeness (QED) is 0.264. The van der Waals surface area contributed by atoms with E-state index in [2.05, 4.69) is 20.5 Å². The molecule has 0 radical (unpaired) electrons. The zero-order valence-electron chi connectivity index (χ0n) is 26.2. The lowest BCUT2D eigenvalue weighted by atomic mass is 9.92. The van der Waals surface area contributed by atoms with E-state index in [-0.39, 0.29) is 6.61 Å². The Morgan fingerprint density at radius 2 is 1.52 bits per heavy atom. The summed E-state index contributed by atoms with van der Waals surface area (Å²) in [5.74, 6) is -2.36. The Kier molecular flexibility index (Phi) is 7.84. The fourth-order valence-electron chi connectivity index (χ4n) is 6.52. The smallest absolute Gasteiger partial charge is 0.408 e. The highest BCUT2D eigenvalue weighted by atomic mass is 35.5. The molecular formula is C30H38Cl2N4O7S. The molecule has 1 amide bonds. The van der Waals surface area contributed by atoms with Crippen molar-refractivity contribution in [1.29, 1.82) is 0 Å². The minimum absolute atomic E-state index is 0.0232. The van der Waals surface area contributed by atoms with Gasteiger partial charge in [-0.3, -0.25) is 9.89 Å². The minimum Gasteiger partial charge on any atom is -0.459 e. The van der Waals surface area contributed by atoms with E-state index in [1.807, 2.05) is 0 Å². The number of thioether (sulfide) groups is 1. The summed E-state index contributed by atoms with van der Waals surface area (Å²) in [5.41, 5.74) is -4.96. The zero-order chi connectivity index (χ0) is 32.7. The Balaban J connectivity index is 1.65. The summed E-state index contributed by atoms with van der Waals surface area (Å²) in [4.78, 5) is 46.4. The number of aromatic amines is 1. The van der Waals surface area contributed by atoms with Gasteiger partial charge in [0.25, 0.3) is 0 Å². The number of H-pyrrole nitrogens is 1. The number of hydrogen-bond donors (Lipinski definition) is 2. The summed E-state index contributed by atoms with van der Waals surface area (Å²) < 4.78 is 23.1. The van der Waals surface area contributed by atoms with Crippen LogP contribution in [0.3, 0.4) is 0 Å². The van der Waals surface area contributed by atoms with Gasteiger partial charge in [0.05, 0.1) is 26.8 Å². The van der Waals surface area contributed by atoms with Crippen LogP contribution in [-0.4, -0.2) is 66.4 Å². The molecule has 1 heterocycles. The molecule has 1 aromatic heterocycles. The highest BCUT2D eigenvalue weighted by Crippen LogP contribution is 3.00. The van der Waals surface area contributed by atoms with E-state index in [0.29, 0.717) is 20.8 Å². The number of aromatic nitrogens is 3. The van der Waals surface area contributed by atoms with Crippen molar-refractivity contribution < 1.29 is 33.3 Å². The van der Waals surface area contributed by atoms with Crippen molar-refractivity contribution in [2.75, 3.05) is 0 Å². The molecule has 0 aliphatic heterocycles. The molecule has 0 unspecified atom stereocenters. The SMILES string of the molecule is CC(C)(C)OC(=O)N[C@]1(C(=O)OC(C)(C)C)[C@H]2[C@H]3[C@@](Sc4ncn[nH]4)([C@H]1OCc1ccc(Cl)c(Cl)c1)[C@]23C(=O)OC(C)(C)C. The maximum absolute atomic E-state index is 14.4. The van der Waals surface area contributed by atoms with E-state index in [1.165, 1.54) is 18.1 Å². The maximum atomic E-state index is 14.4. The Morgan fingerprint density at radius 3 is 2.07 bits per heavy atom. The highest BCUT2D eigenvalue weighted by molar-refractivity contribution is 8.01. The molecule has 4 fully saturated rings. The topological polar surface area (TPSA) is 142 Å². The third-order valence-corrected chi connectivity index (χ3v) is 10.0. The Labute approximate surface area is 270 Å². The maximum Gasteiger partial charge on any atom is 0.408 e. The normalized spacial score (nSPS) is 30.3. The van der Waals surface area contributed by atoms with Gasteiger partial charge >= 0.3 is 18.0 Å². The number of carbonyl (C=O) groups is 3. The number of alkyl carbamates (subject to hydrolysis) is 1. The molecule has 14 heteroatoms. The first-order valence-corrected chi connectivity index (χ1v) is 15.8. The average Bonchev–Trinajstić information content (AvgIpc) is 3.50. The third-order valence-electron chi connectivity index (χ3n) is 7.76. The monoisotopic (exact) mass is 668 g/mol. The van der Waals surface area contributed by atoms with Crippen LogP contribution < -0.4 is 5.32 Å². The third kappa shape index (κ3) is 5.35. The number of rotatable bonds is 8.